The van der Waals surface area contributed by atoms with Crippen LogP contribution in [-0.2, 0) is 27.0 Å². The lowest BCUT2D eigenvalue weighted by Crippen LogP contribution is -2.61. The second-order valence-electron chi connectivity index (χ2n) is 9.09. The summed E-state index contributed by atoms with van der Waals surface area (Å²) in [4.78, 5) is 25.7. The van der Waals surface area contributed by atoms with Crippen molar-refractivity contribution in [3.8, 4) is 17.2 Å². The maximum atomic E-state index is 13.5. The molecule has 0 radical (unpaired) electrons. The average Bonchev–Trinajstić information content (AvgIpc) is 2.90. The van der Waals surface area contributed by atoms with Gasteiger partial charge in [-0.1, -0.05) is 12.1 Å². The lowest BCUT2D eigenvalue weighted by molar-refractivity contribution is -0.138. The van der Waals surface area contributed by atoms with Crippen LogP contribution in [0.25, 0.3) is 0 Å². The van der Waals surface area contributed by atoms with Crippen LogP contribution in [0.5, 0.6) is 17.2 Å². The van der Waals surface area contributed by atoms with Gasteiger partial charge in [0, 0.05) is 39.0 Å². The lowest BCUT2D eigenvalue weighted by atomic mass is 9.88. The fourth-order valence-electron chi connectivity index (χ4n) is 4.15. The highest BCUT2D eigenvalue weighted by molar-refractivity contribution is 5.91. The third-order valence-corrected chi connectivity index (χ3v) is 6.34. The van der Waals surface area contributed by atoms with E-state index in [0.29, 0.717) is 32.5 Å². The van der Waals surface area contributed by atoms with E-state index in [-0.39, 0.29) is 35.6 Å². The Hall–Kier alpha value is -3.31. The number of hydrogen-bond acceptors (Lipinski definition) is 6. The van der Waals surface area contributed by atoms with E-state index in [1.807, 2.05) is 7.05 Å². The van der Waals surface area contributed by atoms with Crippen LogP contribution in [0.15, 0.2) is 42.5 Å². The molecule has 3 N–H and O–H groups in total. The van der Waals surface area contributed by atoms with Crippen molar-refractivity contribution in [2.45, 2.75) is 50.4 Å². The number of amides is 2. The van der Waals surface area contributed by atoms with E-state index in [1.165, 1.54) is 31.4 Å². The minimum Gasteiger partial charge on any atom is -0.497 e. The minimum atomic E-state index is -4.61. The molecule has 1 aliphatic heterocycles. The van der Waals surface area contributed by atoms with E-state index >= 15 is 0 Å². The maximum absolute atomic E-state index is 13.5. The third-order valence-electron chi connectivity index (χ3n) is 6.34. The van der Waals surface area contributed by atoms with Crippen LogP contribution in [-0.4, -0.2) is 51.3 Å². The number of carbonyl (C=O) groups is 2. The van der Waals surface area contributed by atoms with Gasteiger partial charge in [0.05, 0.1) is 7.11 Å². The number of rotatable bonds is 12. The highest BCUT2D eigenvalue weighted by Crippen LogP contribution is 2.40. The smallest absolute Gasteiger partial charge is 0.420 e. The molecule has 0 aromatic heterocycles. The van der Waals surface area contributed by atoms with Crippen molar-refractivity contribution in [2.75, 3.05) is 33.9 Å². The zero-order chi connectivity index (χ0) is 27.6. The van der Waals surface area contributed by atoms with E-state index in [4.69, 9.17) is 14.2 Å². The Balaban J connectivity index is 1.61. The van der Waals surface area contributed by atoms with E-state index in [9.17, 15) is 22.8 Å². The van der Waals surface area contributed by atoms with Crippen LogP contribution in [0.2, 0.25) is 0 Å². The molecule has 38 heavy (non-hydrogen) atoms. The molecule has 1 fully saturated rings. The molecule has 1 saturated heterocycles. The van der Waals surface area contributed by atoms with Crippen LogP contribution in [0, 0.1) is 0 Å². The van der Waals surface area contributed by atoms with Gasteiger partial charge in [-0.05, 0) is 62.3 Å². The number of alkyl halides is 3. The van der Waals surface area contributed by atoms with Gasteiger partial charge in [-0.2, -0.15) is 13.2 Å². The van der Waals surface area contributed by atoms with E-state index in [0.717, 1.165) is 31.0 Å². The number of benzene rings is 2. The van der Waals surface area contributed by atoms with E-state index in [1.54, 1.807) is 12.1 Å². The molecule has 8 nitrogen and oxygen atoms in total. The van der Waals surface area contributed by atoms with Gasteiger partial charge in [0.25, 0.3) is 0 Å². The Kier molecular flexibility index (Phi) is 10.4. The van der Waals surface area contributed by atoms with Crippen LogP contribution in [0.1, 0.15) is 43.2 Å². The topological polar surface area (TPSA) is 97.9 Å². The largest absolute Gasteiger partial charge is 0.497 e. The monoisotopic (exact) mass is 537 g/mol. The molecule has 0 aliphatic carbocycles. The van der Waals surface area contributed by atoms with Crippen molar-refractivity contribution in [2.24, 2.45) is 0 Å². The SMILES string of the molecule is CNCCCCC(=O)NC1(C(=O)NCc2ccc(Oc3ccc(OC)cc3C(F)(F)F)cc2)CCOCC1. The van der Waals surface area contributed by atoms with E-state index in [2.05, 4.69) is 16.0 Å². The molecule has 208 valence electrons. The molecule has 0 saturated carbocycles. The van der Waals surface area contributed by atoms with Crippen molar-refractivity contribution in [1.82, 2.24) is 16.0 Å². The number of carbonyl (C=O) groups excluding carboxylic acids is 2. The minimum absolute atomic E-state index is 0.0723. The van der Waals surface area contributed by atoms with Crippen LogP contribution < -0.4 is 25.4 Å². The summed E-state index contributed by atoms with van der Waals surface area (Å²) in [5, 5.41) is 8.85. The number of ether oxygens (including phenoxy) is 3. The maximum Gasteiger partial charge on any atom is 0.420 e. The predicted octanol–water partition coefficient (Wildman–Crippen LogP) is 4.18. The summed E-state index contributed by atoms with van der Waals surface area (Å²) >= 11 is 0. The number of halogens is 3. The Morgan fingerprint density at radius 3 is 2.34 bits per heavy atom. The summed E-state index contributed by atoms with van der Waals surface area (Å²) in [6, 6.07) is 9.85. The average molecular weight is 538 g/mol. The summed E-state index contributed by atoms with van der Waals surface area (Å²) < 4.78 is 56.1. The first-order valence-electron chi connectivity index (χ1n) is 12.5. The summed E-state index contributed by atoms with van der Waals surface area (Å²) in [7, 11) is 3.14. The number of unbranched alkanes of at least 4 members (excludes halogenated alkanes) is 1. The number of nitrogens with one attached hydrogen (secondary N) is 3. The van der Waals surface area contributed by atoms with Gasteiger partial charge in [-0.25, -0.2) is 0 Å². The lowest BCUT2D eigenvalue weighted by Gasteiger charge is -2.36. The second-order valence-corrected chi connectivity index (χ2v) is 9.09. The molecule has 2 aromatic carbocycles. The molecular formula is C27H34F3N3O5. The molecule has 0 spiro atoms. The highest BCUT2D eigenvalue weighted by Gasteiger charge is 2.41. The van der Waals surface area contributed by atoms with Gasteiger partial charge in [-0.3, -0.25) is 9.59 Å². The van der Waals surface area contributed by atoms with Gasteiger partial charge >= 0.3 is 6.18 Å². The van der Waals surface area contributed by atoms with Crippen LogP contribution in [0.4, 0.5) is 13.2 Å². The molecule has 2 amide bonds. The zero-order valence-corrected chi connectivity index (χ0v) is 21.6. The van der Waals surface area contributed by atoms with Gasteiger partial charge < -0.3 is 30.2 Å². The van der Waals surface area contributed by atoms with Crippen molar-refractivity contribution in [1.29, 1.82) is 0 Å². The Morgan fingerprint density at radius 2 is 1.71 bits per heavy atom. The van der Waals surface area contributed by atoms with Crippen molar-refractivity contribution in [3.05, 3.63) is 53.6 Å². The highest BCUT2D eigenvalue weighted by atomic mass is 19.4. The molecule has 0 atom stereocenters. The fraction of sp³-hybridized carbons (Fsp3) is 0.481. The molecule has 1 aliphatic rings. The second kappa shape index (κ2) is 13.5. The standard InChI is InChI=1S/C27H34F3N3O5/c1-31-14-4-3-5-24(34)33-26(12-15-37-16-13-26)25(35)32-18-19-6-8-20(9-7-19)38-23-11-10-21(36-2)17-22(23)27(28,29)30/h6-11,17,31H,3-5,12-16,18H2,1-2H3,(H,32,35)(H,33,34). The van der Waals surface area contributed by atoms with Crippen molar-refractivity contribution >= 4 is 11.8 Å². The van der Waals surface area contributed by atoms with Gasteiger partial charge in [0.15, 0.2) is 0 Å². The predicted molar refractivity (Wildman–Crippen MR) is 135 cm³/mol. The molecule has 1 heterocycles. The Labute approximate surface area is 220 Å². The summed E-state index contributed by atoms with van der Waals surface area (Å²) in [5.74, 6) is -0.526. The molecule has 0 bridgehead atoms. The van der Waals surface area contributed by atoms with Crippen molar-refractivity contribution < 1.29 is 37.0 Å². The molecular weight excluding hydrogens is 503 g/mol. The molecule has 11 heteroatoms. The summed E-state index contributed by atoms with van der Waals surface area (Å²) in [5.41, 5.74) is -1.26. The quantitative estimate of drug-likeness (QED) is 0.352. The van der Waals surface area contributed by atoms with E-state index < -0.39 is 17.3 Å². The first-order chi connectivity index (χ1) is 18.2. The summed E-state index contributed by atoms with van der Waals surface area (Å²) in [6.45, 7) is 1.73. The number of hydrogen-bond donors (Lipinski definition) is 3. The van der Waals surface area contributed by atoms with Crippen molar-refractivity contribution in [3.63, 3.8) is 0 Å². The molecule has 0 unspecified atom stereocenters. The zero-order valence-electron chi connectivity index (χ0n) is 21.6. The Morgan fingerprint density at radius 1 is 1.03 bits per heavy atom. The van der Waals surface area contributed by atoms with Crippen LogP contribution in [0.3, 0.4) is 0 Å². The third kappa shape index (κ3) is 8.09. The molecule has 2 aromatic rings. The normalized spacial score (nSPS) is 15.0. The number of methoxy groups -OCH3 is 1. The van der Waals surface area contributed by atoms with Gasteiger partial charge in [-0.15, -0.1) is 0 Å². The first kappa shape index (κ1) is 29.2. The Bertz CT molecular complexity index is 1070. The van der Waals surface area contributed by atoms with Gasteiger partial charge in [0.1, 0.15) is 28.4 Å². The fourth-order valence-corrected chi connectivity index (χ4v) is 4.15. The summed E-state index contributed by atoms with van der Waals surface area (Å²) in [6.07, 6.45) is -1.95. The molecule has 3 rings (SSSR count). The van der Waals surface area contributed by atoms with Gasteiger partial charge in [0.2, 0.25) is 11.8 Å². The first-order valence-corrected chi connectivity index (χ1v) is 12.5. The van der Waals surface area contributed by atoms with Crippen LogP contribution >= 0.6 is 0 Å².